The van der Waals surface area contributed by atoms with Crippen LogP contribution in [0.2, 0.25) is 0 Å². The molecule has 0 aromatic carbocycles. The molecule has 1 fully saturated rings. The smallest absolute Gasteiger partial charge is 0.151 e. The van der Waals surface area contributed by atoms with Crippen LogP contribution in [0, 0.1) is 0 Å². The van der Waals surface area contributed by atoms with Gasteiger partial charge in [-0.05, 0) is 31.5 Å². The third-order valence-electron chi connectivity index (χ3n) is 3.46. The highest BCUT2D eigenvalue weighted by Crippen LogP contribution is 2.26. The molecule has 2 aromatic heterocycles. The number of furan rings is 1. The van der Waals surface area contributed by atoms with Gasteiger partial charge >= 0.3 is 0 Å². The first-order valence-electron chi connectivity index (χ1n) is 6.12. The first-order valence-corrected chi connectivity index (χ1v) is 6.12. The van der Waals surface area contributed by atoms with Crippen molar-refractivity contribution in [2.24, 2.45) is 7.05 Å². The van der Waals surface area contributed by atoms with Crippen LogP contribution in [-0.2, 0) is 7.05 Å². The Balaban J connectivity index is 1.92. The molecular formula is C13H17N3O. The lowest BCUT2D eigenvalue weighted by atomic mass is 9.99. The fourth-order valence-electron chi connectivity index (χ4n) is 2.53. The molecule has 0 bridgehead atoms. The molecule has 0 spiro atoms. The summed E-state index contributed by atoms with van der Waals surface area (Å²) in [5, 5.41) is 3.43. The zero-order chi connectivity index (χ0) is 11.7. The van der Waals surface area contributed by atoms with Crippen molar-refractivity contribution < 1.29 is 4.42 Å². The molecule has 1 aliphatic rings. The van der Waals surface area contributed by atoms with Crippen molar-refractivity contribution in [3.63, 3.8) is 0 Å². The highest BCUT2D eigenvalue weighted by atomic mass is 16.3. The van der Waals surface area contributed by atoms with Crippen LogP contribution in [0.15, 0.2) is 29.0 Å². The number of imidazole rings is 1. The summed E-state index contributed by atoms with van der Waals surface area (Å²) in [6.07, 6.45) is 6.05. The van der Waals surface area contributed by atoms with E-state index in [1.807, 2.05) is 18.3 Å². The van der Waals surface area contributed by atoms with Crippen LogP contribution in [0.25, 0.3) is 11.5 Å². The minimum atomic E-state index is 0.525. The molecule has 1 unspecified atom stereocenters. The summed E-state index contributed by atoms with van der Waals surface area (Å²) in [5.74, 6) is 2.57. The summed E-state index contributed by atoms with van der Waals surface area (Å²) in [6.45, 7) is 2.16. The number of aromatic nitrogens is 2. The maximum absolute atomic E-state index is 5.42. The van der Waals surface area contributed by atoms with Gasteiger partial charge in [0.15, 0.2) is 5.76 Å². The van der Waals surface area contributed by atoms with Crippen LogP contribution in [0.3, 0.4) is 0 Å². The second-order valence-electron chi connectivity index (χ2n) is 4.58. The number of hydrogen-bond donors (Lipinski definition) is 1. The molecule has 17 heavy (non-hydrogen) atoms. The van der Waals surface area contributed by atoms with Crippen LogP contribution in [0.1, 0.15) is 24.6 Å². The summed E-state index contributed by atoms with van der Waals surface area (Å²) in [6, 6.07) is 3.88. The Morgan fingerprint density at radius 2 is 2.47 bits per heavy atom. The Morgan fingerprint density at radius 3 is 3.18 bits per heavy atom. The van der Waals surface area contributed by atoms with Crippen LogP contribution in [-0.4, -0.2) is 22.6 Å². The summed E-state index contributed by atoms with van der Waals surface area (Å²) in [5.41, 5.74) is 1.05. The Hall–Kier alpha value is -1.55. The molecule has 3 heterocycles. The Kier molecular flexibility index (Phi) is 2.73. The van der Waals surface area contributed by atoms with E-state index in [1.54, 1.807) is 6.26 Å². The van der Waals surface area contributed by atoms with Gasteiger partial charge in [-0.1, -0.05) is 0 Å². The molecule has 2 aromatic rings. The molecule has 1 N–H and O–H groups in total. The number of rotatable bonds is 2. The van der Waals surface area contributed by atoms with E-state index < -0.39 is 0 Å². The molecule has 0 saturated carbocycles. The summed E-state index contributed by atoms with van der Waals surface area (Å²) < 4.78 is 7.57. The van der Waals surface area contributed by atoms with Crippen LogP contribution in [0.4, 0.5) is 0 Å². The molecule has 90 valence electrons. The number of nitrogens with zero attached hydrogens (tertiary/aromatic N) is 2. The topological polar surface area (TPSA) is 43.0 Å². The van der Waals surface area contributed by atoms with Gasteiger partial charge < -0.3 is 14.3 Å². The van der Waals surface area contributed by atoms with Crippen LogP contribution < -0.4 is 5.32 Å². The molecule has 4 heteroatoms. The fourth-order valence-corrected chi connectivity index (χ4v) is 2.53. The van der Waals surface area contributed by atoms with Crippen molar-refractivity contribution in [2.75, 3.05) is 13.1 Å². The largest absolute Gasteiger partial charge is 0.463 e. The number of hydrogen-bond acceptors (Lipinski definition) is 3. The van der Waals surface area contributed by atoms with Gasteiger partial charge in [-0.2, -0.15) is 0 Å². The standard InChI is InChI=1S/C13H17N3O/c1-16-11(12-5-3-7-17-12)9-15-13(16)10-4-2-6-14-8-10/h3,5,7,9-10,14H,2,4,6,8H2,1H3. The SMILES string of the molecule is Cn1c(-c2ccco2)cnc1C1CCCNC1. The average Bonchev–Trinajstić information content (AvgIpc) is 2.99. The normalized spacial score (nSPS) is 20.6. The molecule has 1 saturated heterocycles. The molecular weight excluding hydrogens is 214 g/mol. The summed E-state index contributed by atoms with van der Waals surface area (Å²) in [4.78, 5) is 4.56. The van der Waals surface area contributed by atoms with Gasteiger partial charge in [-0.3, -0.25) is 0 Å². The van der Waals surface area contributed by atoms with E-state index in [-0.39, 0.29) is 0 Å². The van der Waals surface area contributed by atoms with Crippen molar-refractivity contribution in [1.82, 2.24) is 14.9 Å². The van der Waals surface area contributed by atoms with Crippen LogP contribution >= 0.6 is 0 Å². The highest BCUT2D eigenvalue weighted by molar-refractivity contribution is 5.52. The number of piperidine rings is 1. The summed E-state index contributed by atoms with van der Waals surface area (Å²) in [7, 11) is 2.06. The molecule has 1 atom stereocenters. The van der Waals surface area contributed by atoms with Crippen molar-refractivity contribution in [1.29, 1.82) is 0 Å². The highest BCUT2D eigenvalue weighted by Gasteiger charge is 2.21. The average molecular weight is 231 g/mol. The second kappa shape index (κ2) is 4.37. The zero-order valence-corrected chi connectivity index (χ0v) is 10.0. The Bertz CT molecular complexity index is 481. The van der Waals surface area contributed by atoms with E-state index in [0.29, 0.717) is 5.92 Å². The van der Waals surface area contributed by atoms with Gasteiger partial charge in [-0.25, -0.2) is 4.98 Å². The predicted octanol–water partition coefficient (Wildman–Crippen LogP) is 2.15. The third kappa shape index (κ3) is 1.89. The minimum absolute atomic E-state index is 0.525. The first-order chi connectivity index (χ1) is 8.36. The van der Waals surface area contributed by atoms with Crippen molar-refractivity contribution in [3.05, 3.63) is 30.4 Å². The van der Waals surface area contributed by atoms with E-state index in [2.05, 4.69) is 21.9 Å². The molecule has 0 radical (unpaired) electrons. The van der Waals surface area contributed by atoms with Crippen molar-refractivity contribution in [3.8, 4) is 11.5 Å². The molecule has 4 nitrogen and oxygen atoms in total. The van der Waals surface area contributed by atoms with Gasteiger partial charge in [0.1, 0.15) is 11.5 Å². The van der Waals surface area contributed by atoms with Gasteiger partial charge in [0, 0.05) is 19.5 Å². The molecule has 3 rings (SSSR count). The van der Waals surface area contributed by atoms with E-state index in [1.165, 1.54) is 12.8 Å². The maximum atomic E-state index is 5.42. The van der Waals surface area contributed by atoms with Gasteiger partial charge in [-0.15, -0.1) is 0 Å². The molecule has 1 aliphatic heterocycles. The van der Waals surface area contributed by atoms with Gasteiger partial charge in [0.05, 0.1) is 12.5 Å². The zero-order valence-electron chi connectivity index (χ0n) is 10.0. The van der Waals surface area contributed by atoms with Crippen molar-refractivity contribution >= 4 is 0 Å². The molecule has 0 aliphatic carbocycles. The van der Waals surface area contributed by atoms with E-state index in [0.717, 1.165) is 30.4 Å². The van der Waals surface area contributed by atoms with Crippen molar-refractivity contribution in [2.45, 2.75) is 18.8 Å². The van der Waals surface area contributed by atoms with Crippen LogP contribution in [0.5, 0.6) is 0 Å². The van der Waals surface area contributed by atoms with Gasteiger partial charge in [0.2, 0.25) is 0 Å². The maximum Gasteiger partial charge on any atom is 0.151 e. The fraction of sp³-hybridized carbons (Fsp3) is 0.462. The Morgan fingerprint density at radius 1 is 1.53 bits per heavy atom. The van der Waals surface area contributed by atoms with E-state index >= 15 is 0 Å². The lowest BCUT2D eigenvalue weighted by molar-refractivity contribution is 0.439. The van der Waals surface area contributed by atoms with E-state index in [4.69, 9.17) is 4.42 Å². The quantitative estimate of drug-likeness (QED) is 0.861. The third-order valence-corrected chi connectivity index (χ3v) is 3.46. The molecule has 0 amide bonds. The first kappa shape index (κ1) is 10.6. The predicted molar refractivity (Wildman–Crippen MR) is 65.8 cm³/mol. The second-order valence-corrected chi connectivity index (χ2v) is 4.58. The minimum Gasteiger partial charge on any atom is -0.463 e. The summed E-state index contributed by atoms with van der Waals surface area (Å²) >= 11 is 0. The monoisotopic (exact) mass is 231 g/mol. The lowest BCUT2D eigenvalue weighted by Crippen LogP contribution is -2.29. The Labute approximate surface area is 101 Å². The van der Waals surface area contributed by atoms with E-state index in [9.17, 15) is 0 Å². The number of nitrogens with one attached hydrogen (secondary N) is 1. The lowest BCUT2D eigenvalue weighted by Gasteiger charge is -2.22. The van der Waals surface area contributed by atoms with Gasteiger partial charge in [0.25, 0.3) is 0 Å².